The highest BCUT2D eigenvalue weighted by atomic mass is 19.1. The van der Waals surface area contributed by atoms with Crippen LogP contribution in [0.15, 0.2) is 60.8 Å². The average molecular weight is 383 g/mol. The van der Waals surface area contributed by atoms with Crippen molar-refractivity contribution in [2.75, 3.05) is 10.6 Å². The molecule has 0 bridgehead atoms. The van der Waals surface area contributed by atoms with E-state index in [9.17, 15) is 13.6 Å². The molecule has 144 valence electrons. The van der Waals surface area contributed by atoms with Crippen molar-refractivity contribution in [2.45, 2.75) is 20.0 Å². The van der Waals surface area contributed by atoms with Gasteiger partial charge in [-0.15, -0.1) is 0 Å². The van der Waals surface area contributed by atoms with Gasteiger partial charge in [-0.1, -0.05) is 6.07 Å². The molecule has 0 aliphatic heterocycles. The lowest BCUT2D eigenvalue weighted by atomic mass is 10.2. The first-order valence-electron chi connectivity index (χ1n) is 8.67. The number of carbonyl (C=O) groups is 1. The summed E-state index contributed by atoms with van der Waals surface area (Å²) < 4.78 is 33.1. The quantitative estimate of drug-likeness (QED) is 0.618. The molecule has 1 heterocycles. The molecule has 0 spiro atoms. The standard InChI is InChI=1S/C21H19F2N3O2/c1-13(2)28-16-8-6-14(7-9-16)26-21(27)19-12-15(10-11-24-19)25-20-17(22)4-3-5-18(20)23/h3-13H,1-2H3,(H,24,25)(H,26,27). The molecule has 0 atom stereocenters. The Morgan fingerprint density at radius 2 is 1.68 bits per heavy atom. The van der Waals surface area contributed by atoms with Gasteiger partial charge >= 0.3 is 0 Å². The smallest absolute Gasteiger partial charge is 0.274 e. The van der Waals surface area contributed by atoms with E-state index in [0.29, 0.717) is 17.1 Å². The molecular weight excluding hydrogens is 364 g/mol. The van der Waals surface area contributed by atoms with Gasteiger partial charge in [0, 0.05) is 17.6 Å². The number of benzene rings is 2. The van der Waals surface area contributed by atoms with Crippen molar-refractivity contribution in [3.63, 3.8) is 0 Å². The summed E-state index contributed by atoms with van der Waals surface area (Å²) in [5, 5.41) is 5.36. The van der Waals surface area contributed by atoms with Crippen molar-refractivity contribution < 1.29 is 18.3 Å². The van der Waals surface area contributed by atoms with E-state index in [-0.39, 0.29) is 17.5 Å². The molecule has 7 heteroatoms. The SMILES string of the molecule is CC(C)Oc1ccc(NC(=O)c2cc(Nc3c(F)cccc3F)ccn2)cc1. The highest BCUT2D eigenvalue weighted by Gasteiger charge is 2.12. The number of hydrogen-bond donors (Lipinski definition) is 2. The Balaban J connectivity index is 1.72. The number of nitrogens with zero attached hydrogens (tertiary/aromatic N) is 1. The number of anilines is 3. The molecule has 1 aromatic heterocycles. The summed E-state index contributed by atoms with van der Waals surface area (Å²) in [6.45, 7) is 3.85. The molecule has 2 aromatic carbocycles. The summed E-state index contributed by atoms with van der Waals surface area (Å²) in [5.74, 6) is -1.21. The number of ether oxygens (including phenoxy) is 1. The second-order valence-corrected chi connectivity index (χ2v) is 6.30. The van der Waals surface area contributed by atoms with E-state index >= 15 is 0 Å². The Labute approximate surface area is 161 Å². The number of aromatic nitrogens is 1. The number of carbonyl (C=O) groups excluding carboxylic acids is 1. The van der Waals surface area contributed by atoms with Crippen LogP contribution in [0.1, 0.15) is 24.3 Å². The van der Waals surface area contributed by atoms with Gasteiger partial charge in [0.1, 0.15) is 28.8 Å². The predicted molar refractivity (Wildman–Crippen MR) is 104 cm³/mol. The fourth-order valence-electron chi connectivity index (χ4n) is 2.48. The van der Waals surface area contributed by atoms with Crippen molar-refractivity contribution in [3.05, 3.63) is 78.1 Å². The molecule has 3 aromatic rings. The van der Waals surface area contributed by atoms with Crippen LogP contribution in [0.2, 0.25) is 0 Å². The Kier molecular flexibility index (Phi) is 5.84. The largest absolute Gasteiger partial charge is 0.491 e. The number of nitrogens with one attached hydrogen (secondary N) is 2. The van der Waals surface area contributed by atoms with Gasteiger partial charge < -0.3 is 15.4 Å². The normalized spacial score (nSPS) is 10.6. The first-order chi connectivity index (χ1) is 13.4. The topological polar surface area (TPSA) is 63.2 Å². The first kappa shape index (κ1) is 19.3. The Morgan fingerprint density at radius 1 is 1.00 bits per heavy atom. The minimum atomic E-state index is -0.730. The zero-order chi connectivity index (χ0) is 20.1. The molecule has 28 heavy (non-hydrogen) atoms. The highest BCUT2D eigenvalue weighted by Crippen LogP contribution is 2.23. The van der Waals surface area contributed by atoms with Crippen LogP contribution >= 0.6 is 0 Å². The molecule has 0 radical (unpaired) electrons. The van der Waals surface area contributed by atoms with Gasteiger partial charge in [-0.05, 0) is 62.4 Å². The van der Waals surface area contributed by atoms with E-state index in [0.717, 1.165) is 12.1 Å². The molecule has 0 aliphatic carbocycles. The molecule has 3 rings (SSSR count). The number of halogens is 2. The van der Waals surface area contributed by atoms with Crippen molar-refractivity contribution in [1.29, 1.82) is 0 Å². The second-order valence-electron chi connectivity index (χ2n) is 6.30. The maximum atomic E-state index is 13.8. The van der Waals surface area contributed by atoms with Crippen LogP contribution < -0.4 is 15.4 Å². The highest BCUT2D eigenvalue weighted by molar-refractivity contribution is 6.03. The zero-order valence-corrected chi connectivity index (χ0v) is 15.4. The van der Waals surface area contributed by atoms with Crippen LogP contribution in [-0.2, 0) is 0 Å². The van der Waals surface area contributed by atoms with Crippen LogP contribution in [-0.4, -0.2) is 17.0 Å². The van der Waals surface area contributed by atoms with Gasteiger partial charge in [-0.2, -0.15) is 0 Å². The summed E-state index contributed by atoms with van der Waals surface area (Å²) in [5.41, 5.74) is 0.719. The van der Waals surface area contributed by atoms with E-state index in [1.165, 1.54) is 24.4 Å². The molecule has 2 N–H and O–H groups in total. The van der Waals surface area contributed by atoms with Crippen molar-refractivity contribution in [2.24, 2.45) is 0 Å². The molecule has 0 saturated heterocycles. The Hall–Kier alpha value is -3.48. The van der Waals surface area contributed by atoms with E-state index in [1.54, 1.807) is 24.3 Å². The van der Waals surface area contributed by atoms with Gasteiger partial charge in [0.2, 0.25) is 0 Å². The number of para-hydroxylation sites is 1. The monoisotopic (exact) mass is 383 g/mol. The summed E-state index contributed by atoms with van der Waals surface area (Å²) in [6, 6.07) is 13.4. The number of amides is 1. The van der Waals surface area contributed by atoms with Crippen molar-refractivity contribution >= 4 is 23.0 Å². The summed E-state index contributed by atoms with van der Waals surface area (Å²) >= 11 is 0. The first-order valence-corrected chi connectivity index (χ1v) is 8.67. The minimum absolute atomic E-state index is 0.0548. The molecular formula is C21H19F2N3O2. The Bertz CT molecular complexity index is 955. The molecule has 1 amide bonds. The van der Waals surface area contributed by atoms with Gasteiger partial charge in [0.15, 0.2) is 0 Å². The van der Waals surface area contributed by atoms with Crippen LogP contribution in [0.3, 0.4) is 0 Å². The van der Waals surface area contributed by atoms with Gasteiger partial charge in [0.05, 0.1) is 6.10 Å². The van der Waals surface area contributed by atoms with Crippen molar-refractivity contribution in [1.82, 2.24) is 4.98 Å². The molecule has 0 saturated carbocycles. The predicted octanol–water partition coefficient (Wildman–Crippen LogP) is 5.14. The lowest BCUT2D eigenvalue weighted by Crippen LogP contribution is -2.14. The summed E-state index contributed by atoms with van der Waals surface area (Å²) in [6.07, 6.45) is 1.44. The maximum Gasteiger partial charge on any atom is 0.274 e. The molecule has 0 unspecified atom stereocenters. The molecule has 0 aliphatic rings. The minimum Gasteiger partial charge on any atom is -0.491 e. The van der Waals surface area contributed by atoms with E-state index in [1.807, 2.05) is 13.8 Å². The Morgan fingerprint density at radius 3 is 2.32 bits per heavy atom. The van der Waals surface area contributed by atoms with Gasteiger partial charge in [0.25, 0.3) is 5.91 Å². The fourth-order valence-corrected chi connectivity index (χ4v) is 2.48. The zero-order valence-electron chi connectivity index (χ0n) is 15.4. The van der Waals surface area contributed by atoms with E-state index in [4.69, 9.17) is 4.74 Å². The van der Waals surface area contributed by atoms with Gasteiger partial charge in [-0.25, -0.2) is 8.78 Å². The maximum absolute atomic E-state index is 13.8. The number of rotatable bonds is 6. The second kappa shape index (κ2) is 8.47. The van der Waals surface area contributed by atoms with Crippen LogP contribution in [0.4, 0.5) is 25.8 Å². The van der Waals surface area contributed by atoms with Crippen LogP contribution in [0.25, 0.3) is 0 Å². The third-order valence-electron chi connectivity index (χ3n) is 3.71. The van der Waals surface area contributed by atoms with Gasteiger partial charge in [-0.3, -0.25) is 9.78 Å². The third-order valence-corrected chi connectivity index (χ3v) is 3.71. The van der Waals surface area contributed by atoms with E-state index in [2.05, 4.69) is 15.6 Å². The third kappa shape index (κ3) is 4.82. The average Bonchev–Trinajstić information content (AvgIpc) is 2.66. The lowest BCUT2D eigenvalue weighted by Gasteiger charge is -2.11. The molecule has 5 nitrogen and oxygen atoms in total. The summed E-state index contributed by atoms with van der Waals surface area (Å²) in [7, 11) is 0. The number of pyridine rings is 1. The summed E-state index contributed by atoms with van der Waals surface area (Å²) in [4.78, 5) is 16.4. The van der Waals surface area contributed by atoms with Crippen LogP contribution in [0, 0.1) is 11.6 Å². The fraction of sp³-hybridized carbons (Fsp3) is 0.143. The molecule has 0 fully saturated rings. The van der Waals surface area contributed by atoms with Crippen molar-refractivity contribution in [3.8, 4) is 5.75 Å². The van der Waals surface area contributed by atoms with E-state index < -0.39 is 17.5 Å². The lowest BCUT2D eigenvalue weighted by molar-refractivity contribution is 0.102. The number of hydrogen-bond acceptors (Lipinski definition) is 4. The van der Waals surface area contributed by atoms with Crippen LogP contribution in [0.5, 0.6) is 5.75 Å².